The highest BCUT2D eigenvalue weighted by molar-refractivity contribution is 5.98. The minimum absolute atomic E-state index is 0.00284. The Bertz CT molecular complexity index is 280. The zero-order valence-electron chi connectivity index (χ0n) is 8.19. The average Bonchev–Trinajstić information content (AvgIpc) is 2.21. The van der Waals surface area contributed by atoms with Crippen molar-refractivity contribution in [2.24, 2.45) is 10.9 Å². The number of oxime groups is 1. The van der Waals surface area contributed by atoms with Gasteiger partial charge in [0.1, 0.15) is 5.84 Å². The lowest BCUT2D eigenvalue weighted by Crippen LogP contribution is -2.48. The number of amidine groups is 1. The molecule has 1 unspecified atom stereocenters. The first-order valence-electron chi connectivity index (χ1n) is 4.64. The van der Waals surface area contributed by atoms with Crippen molar-refractivity contribution < 1.29 is 14.8 Å². The Hall–Kier alpha value is -1.79. The number of nitrogens with one attached hydrogen (secondary N) is 2. The van der Waals surface area contributed by atoms with Crippen LogP contribution in [0, 0.1) is 0 Å². The number of amides is 2. The van der Waals surface area contributed by atoms with Gasteiger partial charge in [0.15, 0.2) is 0 Å². The molecule has 0 aromatic carbocycles. The van der Waals surface area contributed by atoms with Crippen LogP contribution in [-0.4, -0.2) is 35.4 Å². The number of nitrogens with two attached hydrogens (primary N) is 1. The average molecular weight is 214 g/mol. The predicted octanol–water partition coefficient (Wildman–Crippen LogP) is -1.48. The van der Waals surface area contributed by atoms with Gasteiger partial charge in [0.25, 0.3) is 0 Å². The van der Waals surface area contributed by atoms with Crippen LogP contribution in [0.5, 0.6) is 0 Å². The van der Waals surface area contributed by atoms with Crippen molar-refractivity contribution >= 4 is 17.6 Å². The molecule has 0 bridgehead atoms. The van der Waals surface area contributed by atoms with Crippen LogP contribution < -0.4 is 16.4 Å². The van der Waals surface area contributed by atoms with Crippen molar-refractivity contribution in [1.82, 2.24) is 10.6 Å². The second-order valence-electron chi connectivity index (χ2n) is 3.38. The third-order valence-corrected chi connectivity index (χ3v) is 2.10. The summed E-state index contributed by atoms with van der Waals surface area (Å²) >= 11 is 0. The summed E-state index contributed by atoms with van der Waals surface area (Å²) in [6.45, 7) is 0.431. The lowest BCUT2D eigenvalue weighted by molar-refractivity contribution is -0.125. The van der Waals surface area contributed by atoms with Gasteiger partial charge in [-0.1, -0.05) is 5.16 Å². The van der Waals surface area contributed by atoms with E-state index in [4.69, 9.17) is 10.9 Å². The molecule has 1 rings (SSSR count). The van der Waals surface area contributed by atoms with Crippen LogP contribution in [0.3, 0.4) is 0 Å². The Labute approximate surface area is 86.7 Å². The highest BCUT2D eigenvalue weighted by Crippen LogP contribution is 2.02. The number of hydrogen-bond acceptors (Lipinski definition) is 4. The molecule has 1 aliphatic heterocycles. The molecule has 2 amide bonds. The van der Waals surface area contributed by atoms with E-state index in [2.05, 4.69) is 15.8 Å². The minimum Gasteiger partial charge on any atom is -0.409 e. The van der Waals surface area contributed by atoms with E-state index in [0.717, 1.165) is 0 Å². The molecular formula is C8H14N4O3. The third kappa shape index (κ3) is 3.84. The second kappa shape index (κ2) is 5.18. The molecule has 0 saturated carbocycles. The van der Waals surface area contributed by atoms with Crippen molar-refractivity contribution in [2.45, 2.75) is 25.3 Å². The zero-order chi connectivity index (χ0) is 11.3. The van der Waals surface area contributed by atoms with E-state index in [9.17, 15) is 9.59 Å². The van der Waals surface area contributed by atoms with Crippen molar-refractivity contribution in [1.29, 1.82) is 0 Å². The number of piperidine rings is 1. The predicted molar refractivity (Wildman–Crippen MR) is 52.2 cm³/mol. The standard InChI is InChI=1S/C8H14N4O3/c9-6(12-15)3-8(14)11-5-1-2-7(13)10-4-5/h5,15H,1-4H2,(H2,9,12)(H,10,13)(H,11,14). The Morgan fingerprint density at radius 2 is 2.47 bits per heavy atom. The summed E-state index contributed by atoms with van der Waals surface area (Å²) in [5, 5.41) is 16.3. The van der Waals surface area contributed by atoms with Gasteiger partial charge in [0.2, 0.25) is 11.8 Å². The largest absolute Gasteiger partial charge is 0.409 e. The van der Waals surface area contributed by atoms with Gasteiger partial charge in [-0.25, -0.2) is 0 Å². The van der Waals surface area contributed by atoms with Gasteiger partial charge in [-0.2, -0.15) is 0 Å². The molecule has 0 aliphatic carbocycles. The van der Waals surface area contributed by atoms with Gasteiger partial charge >= 0.3 is 0 Å². The fourth-order valence-corrected chi connectivity index (χ4v) is 1.33. The maximum atomic E-state index is 11.3. The van der Waals surface area contributed by atoms with Gasteiger partial charge in [0.05, 0.1) is 6.42 Å². The van der Waals surface area contributed by atoms with E-state index in [-0.39, 0.29) is 30.1 Å². The molecule has 5 N–H and O–H groups in total. The van der Waals surface area contributed by atoms with Crippen molar-refractivity contribution in [3.8, 4) is 0 Å². The molecule has 1 saturated heterocycles. The van der Waals surface area contributed by atoms with Crippen LogP contribution >= 0.6 is 0 Å². The highest BCUT2D eigenvalue weighted by atomic mass is 16.4. The fourth-order valence-electron chi connectivity index (χ4n) is 1.33. The first-order valence-corrected chi connectivity index (χ1v) is 4.64. The SMILES string of the molecule is NC(CC(=O)NC1CCC(=O)NC1)=NO. The van der Waals surface area contributed by atoms with Gasteiger partial charge in [-0.15, -0.1) is 0 Å². The fraction of sp³-hybridized carbons (Fsp3) is 0.625. The van der Waals surface area contributed by atoms with Crippen LogP contribution in [0.2, 0.25) is 0 Å². The van der Waals surface area contributed by atoms with E-state index in [1.165, 1.54) is 0 Å². The van der Waals surface area contributed by atoms with Crippen LogP contribution in [0.15, 0.2) is 5.16 Å². The van der Waals surface area contributed by atoms with E-state index in [1.54, 1.807) is 0 Å². The first kappa shape index (κ1) is 11.3. The van der Waals surface area contributed by atoms with Crippen molar-refractivity contribution in [3.63, 3.8) is 0 Å². The molecule has 1 fully saturated rings. The molecule has 84 valence electrons. The second-order valence-corrected chi connectivity index (χ2v) is 3.38. The van der Waals surface area contributed by atoms with Crippen molar-refractivity contribution in [3.05, 3.63) is 0 Å². The monoisotopic (exact) mass is 214 g/mol. The molecule has 1 aliphatic rings. The molecule has 0 spiro atoms. The molecule has 7 heteroatoms. The number of hydrogen-bond donors (Lipinski definition) is 4. The van der Waals surface area contributed by atoms with Gasteiger partial charge in [-0.3, -0.25) is 9.59 Å². The molecule has 1 atom stereocenters. The Morgan fingerprint density at radius 3 is 3.00 bits per heavy atom. The van der Waals surface area contributed by atoms with Crippen LogP contribution in [0.25, 0.3) is 0 Å². The van der Waals surface area contributed by atoms with Crippen molar-refractivity contribution in [2.75, 3.05) is 6.54 Å². The normalized spacial score (nSPS) is 22.0. The third-order valence-electron chi connectivity index (χ3n) is 2.10. The molecule has 1 heterocycles. The Morgan fingerprint density at radius 1 is 1.73 bits per heavy atom. The van der Waals surface area contributed by atoms with Crippen LogP contribution in [0.4, 0.5) is 0 Å². The van der Waals surface area contributed by atoms with E-state index in [0.29, 0.717) is 19.4 Å². The van der Waals surface area contributed by atoms with Crippen LogP contribution in [-0.2, 0) is 9.59 Å². The number of carbonyl (C=O) groups excluding carboxylic acids is 2. The number of carbonyl (C=O) groups is 2. The molecule has 0 radical (unpaired) electrons. The van der Waals surface area contributed by atoms with Crippen LogP contribution in [0.1, 0.15) is 19.3 Å². The highest BCUT2D eigenvalue weighted by Gasteiger charge is 2.19. The quantitative estimate of drug-likeness (QED) is 0.198. The number of rotatable bonds is 3. The minimum atomic E-state index is -0.313. The van der Waals surface area contributed by atoms with Gasteiger partial charge < -0.3 is 21.6 Å². The Balaban J connectivity index is 2.29. The summed E-state index contributed by atoms with van der Waals surface area (Å²) in [6.07, 6.45) is 0.892. The topological polar surface area (TPSA) is 117 Å². The smallest absolute Gasteiger partial charge is 0.227 e. The zero-order valence-corrected chi connectivity index (χ0v) is 8.19. The lowest BCUT2D eigenvalue weighted by atomic mass is 10.1. The molecule has 15 heavy (non-hydrogen) atoms. The van der Waals surface area contributed by atoms with E-state index in [1.807, 2.05) is 0 Å². The summed E-state index contributed by atoms with van der Waals surface area (Å²) in [5.41, 5.74) is 5.17. The summed E-state index contributed by atoms with van der Waals surface area (Å²) in [4.78, 5) is 22.1. The maximum absolute atomic E-state index is 11.3. The van der Waals surface area contributed by atoms with E-state index < -0.39 is 0 Å². The molecule has 0 aromatic heterocycles. The Kier molecular flexibility index (Phi) is 3.90. The van der Waals surface area contributed by atoms with E-state index >= 15 is 0 Å². The summed E-state index contributed by atoms with van der Waals surface area (Å²) in [5.74, 6) is -0.448. The first-order chi connectivity index (χ1) is 7.11. The van der Waals surface area contributed by atoms with Gasteiger partial charge in [-0.05, 0) is 6.42 Å². The number of nitrogens with zero attached hydrogens (tertiary/aromatic N) is 1. The summed E-state index contributed by atoms with van der Waals surface area (Å²) in [7, 11) is 0. The summed E-state index contributed by atoms with van der Waals surface area (Å²) in [6, 6.07) is -0.0679. The van der Waals surface area contributed by atoms with Gasteiger partial charge in [0, 0.05) is 19.0 Å². The molecule has 7 nitrogen and oxygen atoms in total. The summed E-state index contributed by atoms with van der Waals surface area (Å²) < 4.78 is 0. The lowest BCUT2D eigenvalue weighted by Gasteiger charge is -2.23. The molecule has 0 aromatic rings. The molecular weight excluding hydrogens is 200 g/mol. The maximum Gasteiger partial charge on any atom is 0.227 e.